The fourth-order valence-electron chi connectivity index (χ4n) is 7.56. The van der Waals surface area contributed by atoms with Gasteiger partial charge in [0, 0.05) is 21.2 Å². The van der Waals surface area contributed by atoms with Crippen LogP contribution in [0.15, 0.2) is 97.1 Å². The second kappa shape index (κ2) is 10.7. The van der Waals surface area contributed by atoms with Crippen molar-refractivity contribution >= 4 is 34.0 Å². The Hall–Kier alpha value is -4.24. The summed E-state index contributed by atoms with van der Waals surface area (Å²) in [5.41, 5.74) is 15.0. The first-order valence-corrected chi connectivity index (χ1v) is 15.8. The van der Waals surface area contributed by atoms with Crippen LogP contribution in [0.2, 0.25) is 10.0 Å². The van der Waals surface area contributed by atoms with E-state index in [2.05, 4.69) is 72.8 Å². The van der Waals surface area contributed by atoms with Crippen LogP contribution in [0.5, 0.6) is 11.5 Å². The fourth-order valence-corrected chi connectivity index (χ4v) is 7.81. The van der Waals surface area contributed by atoms with Gasteiger partial charge >= 0.3 is 0 Å². The van der Waals surface area contributed by atoms with E-state index >= 15 is 0 Å². The van der Waals surface area contributed by atoms with Gasteiger partial charge < -0.3 is 9.47 Å². The summed E-state index contributed by atoms with van der Waals surface area (Å²) in [5.74, 6) is 1.72. The maximum atomic E-state index is 6.38. The Morgan fingerprint density at radius 1 is 0.432 bits per heavy atom. The third-order valence-electron chi connectivity index (χ3n) is 9.43. The van der Waals surface area contributed by atoms with Crippen LogP contribution in [0.1, 0.15) is 22.3 Å². The summed E-state index contributed by atoms with van der Waals surface area (Å²) in [6.45, 7) is 0. The van der Waals surface area contributed by atoms with Crippen LogP contribution >= 0.6 is 23.2 Å². The van der Waals surface area contributed by atoms with Gasteiger partial charge in [0.25, 0.3) is 0 Å². The van der Waals surface area contributed by atoms with E-state index in [-0.39, 0.29) is 0 Å². The Kier molecular flexibility index (Phi) is 6.66. The number of hydrogen-bond donors (Lipinski definition) is 0. The van der Waals surface area contributed by atoms with Crippen molar-refractivity contribution in [3.8, 4) is 56.0 Å². The van der Waals surface area contributed by atoms with Crippen LogP contribution in [0.25, 0.3) is 55.3 Å². The van der Waals surface area contributed by atoms with E-state index in [0.717, 1.165) is 69.5 Å². The van der Waals surface area contributed by atoms with Crippen molar-refractivity contribution in [3.63, 3.8) is 0 Å². The van der Waals surface area contributed by atoms with E-state index in [1.807, 2.05) is 24.3 Å². The molecular weight excluding hydrogens is 583 g/mol. The standard InChI is InChI=1S/C40H30Cl2O2/c1-43-33-21-13-25-11-19-31-29-5-3-4-6-30(29)32-20-12-26-14-22-34(44-2)36(24-9-17-28(42)18-10-24)38(26)40(32)39(31)37(25)35(33)23-7-15-27(41)16-8-23/h3-10,13-18,21-22H,11-12,19-20H2,1-2H3. The van der Waals surface area contributed by atoms with Gasteiger partial charge in [-0.1, -0.05) is 83.9 Å². The highest BCUT2D eigenvalue weighted by molar-refractivity contribution is 6.31. The highest BCUT2D eigenvalue weighted by Gasteiger charge is 2.33. The van der Waals surface area contributed by atoms with Crippen molar-refractivity contribution in [2.45, 2.75) is 25.7 Å². The van der Waals surface area contributed by atoms with Crippen LogP contribution in [0, 0.1) is 0 Å². The number of aryl methyl sites for hydroxylation is 4. The first kappa shape index (κ1) is 27.3. The predicted molar refractivity (Wildman–Crippen MR) is 184 cm³/mol. The molecular formula is C40H30Cl2O2. The zero-order valence-electron chi connectivity index (χ0n) is 24.6. The van der Waals surface area contributed by atoms with Gasteiger partial charge in [-0.25, -0.2) is 0 Å². The van der Waals surface area contributed by atoms with Crippen LogP contribution in [-0.2, 0) is 25.7 Å². The van der Waals surface area contributed by atoms with Crippen molar-refractivity contribution in [1.29, 1.82) is 0 Å². The topological polar surface area (TPSA) is 18.5 Å². The van der Waals surface area contributed by atoms with Gasteiger partial charge in [-0.05, 0) is 128 Å². The van der Waals surface area contributed by atoms with Gasteiger partial charge in [0.1, 0.15) is 11.5 Å². The second-order valence-electron chi connectivity index (χ2n) is 11.6. The minimum atomic E-state index is 0.718. The van der Waals surface area contributed by atoms with E-state index < -0.39 is 0 Å². The minimum Gasteiger partial charge on any atom is -0.496 e. The summed E-state index contributed by atoms with van der Waals surface area (Å²) in [5, 5.41) is 4.12. The van der Waals surface area contributed by atoms with Crippen LogP contribution in [-0.4, -0.2) is 14.2 Å². The van der Waals surface area contributed by atoms with E-state index in [9.17, 15) is 0 Å². The lowest BCUT2D eigenvalue weighted by molar-refractivity contribution is 0.416. The lowest BCUT2D eigenvalue weighted by atomic mass is 9.70. The molecule has 0 unspecified atom stereocenters. The largest absolute Gasteiger partial charge is 0.496 e. The van der Waals surface area contributed by atoms with Gasteiger partial charge in [0.15, 0.2) is 0 Å². The molecule has 4 heteroatoms. The van der Waals surface area contributed by atoms with Gasteiger partial charge in [0.2, 0.25) is 0 Å². The monoisotopic (exact) mass is 612 g/mol. The maximum absolute atomic E-state index is 6.38. The molecule has 216 valence electrons. The van der Waals surface area contributed by atoms with Crippen LogP contribution in [0.4, 0.5) is 0 Å². The Morgan fingerprint density at radius 2 is 0.841 bits per heavy atom. The quantitative estimate of drug-likeness (QED) is 0.197. The average Bonchev–Trinajstić information content (AvgIpc) is 3.07. The summed E-state index contributed by atoms with van der Waals surface area (Å²) in [6.07, 6.45) is 3.87. The molecule has 0 spiro atoms. The molecule has 0 saturated heterocycles. The van der Waals surface area contributed by atoms with Crippen molar-refractivity contribution in [2.75, 3.05) is 14.2 Å². The molecule has 0 amide bonds. The lowest BCUT2D eigenvalue weighted by Gasteiger charge is -2.34. The number of benzene rings is 6. The van der Waals surface area contributed by atoms with Crippen molar-refractivity contribution < 1.29 is 9.47 Å². The molecule has 6 aromatic carbocycles. The van der Waals surface area contributed by atoms with Crippen molar-refractivity contribution in [3.05, 3.63) is 129 Å². The molecule has 8 rings (SSSR count). The Morgan fingerprint density at radius 3 is 1.23 bits per heavy atom. The number of halogens is 2. The van der Waals surface area contributed by atoms with Crippen molar-refractivity contribution in [2.24, 2.45) is 0 Å². The average molecular weight is 614 g/mol. The van der Waals surface area contributed by atoms with E-state index in [1.54, 1.807) is 14.2 Å². The molecule has 2 aliphatic carbocycles. The molecule has 44 heavy (non-hydrogen) atoms. The Bertz CT molecular complexity index is 1940. The zero-order valence-corrected chi connectivity index (χ0v) is 26.2. The number of fused-ring (bicyclic) bond motifs is 10. The third kappa shape index (κ3) is 4.16. The normalized spacial score (nSPS) is 13.1. The van der Waals surface area contributed by atoms with Gasteiger partial charge in [0.05, 0.1) is 14.2 Å². The maximum Gasteiger partial charge on any atom is 0.127 e. The molecule has 0 saturated carbocycles. The molecule has 0 aromatic heterocycles. The first-order chi connectivity index (χ1) is 21.6. The number of rotatable bonds is 4. The molecule has 0 fully saturated rings. The molecule has 2 nitrogen and oxygen atoms in total. The minimum absolute atomic E-state index is 0.718. The van der Waals surface area contributed by atoms with E-state index in [4.69, 9.17) is 32.7 Å². The first-order valence-electron chi connectivity index (χ1n) is 15.1. The van der Waals surface area contributed by atoms with Gasteiger partial charge in [-0.2, -0.15) is 0 Å². The summed E-state index contributed by atoms with van der Waals surface area (Å²) in [7, 11) is 3.53. The lowest BCUT2D eigenvalue weighted by Crippen LogP contribution is -2.14. The zero-order chi connectivity index (χ0) is 29.9. The second-order valence-corrected chi connectivity index (χ2v) is 12.5. The SMILES string of the molecule is COc1ccc2c(c1-c1ccc(Cl)cc1)-c1c3c(c4ccccc4c1CC2)CCc1ccc(OC)c(-c2ccc(Cl)cc2)c1-3. The highest BCUT2D eigenvalue weighted by Crippen LogP contribution is 2.56. The predicted octanol–water partition coefficient (Wildman–Crippen LogP) is 11.0. The summed E-state index contributed by atoms with van der Waals surface area (Å²) in [6, 6.07) is 34.0. The van der Waals surface area contributed by atoms with E-state index in [0.29, 0.717) is 0 Å². The molecule has 0 aliphatic heterocycles. The molecule has 0 bridgehead atoms. The molecule has 0 radical (unpaired) electrons. The number of hydrogen-bond acceptors (Lipinski definition) is 2. The van der Waals surface area contributed by atoms with Crippen molar-refractivity contribution in [1.82, 2.24) is 0 Å². The Balaban J connectivity index is 1.57. The molecule has 6 aromatic rings. The summed E-state index contributed by atoms with van der Waals surface area (Å²) < 4.78 is 12.2. The molecule has 0 heterocycles. The van der Waals surface area contributed by atoms with E-state index in [1.165, 1.54) is 55.3 Å². The summed E-state index contributed by atoms with van der Waals surface area (Å²) >= 11 is 12.8. The van der Waals surface area contributed by atoms with Gasteiger partial charge in [-0.15, -0.1) is 0 Å². The smallest absolute Gasteiger partial charge is 0.127 e. The van der Waals surface area contributed by atoms with Crippen LogP contribution in [0.3, 0.4) is 0 Å². The fraction of sp³-hybridized carbons (Fsp3) is 0.150. The molecule has 0 N–H and O–H groups in total. The molecule has 0 atom stereocenters. The number of methoxy groups -OCH3 is 2. The summed E-state index contributed by atoms with van der Waals surface area (Å²) in [4.78, 5) is 0. The highest BCUT2D eigenvalue weighted by atomic mass is 35.5. The third-order valence-corrected chi connectivity index (χ3v) is 9.94. The van der Waals surface area contributed by atoms with Crippen LogP contribution < -0.4 is 9.47 Å². The Labute approximate surface area is 267 Å². The van der Waals surface area contributed by atoms with Gasteiger partial charge in [-0.3, -0.25) is 0 Å². The number of ether oxygens (including phenoxy) is 2. The molecule has 2 aliphatic rings.